The van der Waals surface area contributed by atoms with E-state index >= 15 is 0 Å². The van der Waals surface area contributed by atoms with Crippen LogP contribution in [0.4, 0.5) is 0 Å². The van der Waals surface area contributed by atoms with Gasteiger partial charge >= 0.3 is 0 Å². The molecule has 2 unspecified atom stereocenters. The van der Waals surface area contributed by atoms with Gasteiger partial charge in [-0.2, -0.15) is 0 Å². The number of fused-ring (bicyclic) bond motifs is 1. The van der Waals surface area contributed by atoms with Crippen LogP contribution in [-0.4, -0.2) is 8.07 Å². The van der Waals surface area contributed by atoms with E-state index in [1.54, 1.807) is 12.8 Å². The molecule has 0 N–H and O–H groups in total. The largest absolute Gasteiger partial charge is 0.0689 e. The van der Waals surface area contributed by atoms with Crippen molar-refractivity contribution < 1.29 is 0 Å². The molecule has 0 aromatic carbocycles. The van der Waals surface area contributed by atoms with Crippen molar-refractivity contribution in [2.45, 2.75) is 62.7 Å². The summed E-state index contributed by atoms with van der Waals surface area (Å²) in [4.78, 5) is 0. The van der Waals surface area contributed by atoms with Crippen molar-refractivity contribution in [1.82, 2.24) is 0 Å². The fraction of sp³-hybridized carbons (Fsp3) is 1.00. The second kappa shape index (κ2) is 2.62. The maximum absolute atomic E-state index is 2.60. The van der Waals surface area contributed by atoms with E-state index in [2.05, 4.69) is 13.1 Å². The Morgan fingerprint density at radius 1 is 0.818 bits per heavy atom. The van der Waals surface area contributed by atoms with E-state index in [0.29, 0.717) is 0 Å². The molecular formula is C10H20Si. The molecule has 11 heavy (non-hydrogen) atoms. The molecule has 1 heteroatoms. The van der Waals surface area contributed by atoms with Gasteiger partial charge in [0, 0.05) is 0 Å². The van der Waals surface area contributed by atoms with E-state index in [-0.39, 0.29) is 0 Å². The Bertz CT molecular complexity index is 135. The highest BCUT2D eigenvalue weighted by molar-refractivity contribution is 6.90. The Morgan fingerprint density at radius 3 is 1.73 bits per heavy atom. The molecule has 1 aliphatic heterocycles. The number of hydrogen-bond donors (Lipinski definition) is 0. The van der Waals surface area contributed by atoms with Crippen molar-refractivity contribution in [1.29, 1.82) is 0 Å². The van der Waals surface area contributed by atoms with Gasteiger partial charge in [-0.25, -0.2) is 0 Å². The molecule has 0 aromatic heterocycles. The molecule has 0 bridgehead atoms. The normalized spacial score (nSPS) is 42.0. The second-order valence-electron chi connectivity index (χ2n) is 5.03. The van der Waals surface area contributed by atoms with Crippen molar-refractivity contribution in [3.63, 3.8) is 0 Å². The first-order valence-corrected chi connectivity index (χ1v) is 8.38. The molecule has 0 radical (unpaired) electrons. The molecule has 1 saturated heterocycles. The molecule has 2 aliphatic rings. The van der Waals surface area contributed by atoms with Crippen LogP contribution in [0.1, 0.15) is 38.5 Å². The van der Waals surface area contributed by atoms with Crippen molar-refractivity contribution >= 4 is 8.07 Å². The fourth-order valence-electron chi connectivity index (χ4n) is 3.09. The molecular weight excluding hydrogens is 148 g/mol. The first-order chi connectivity index (χ1) is 5.23. The van der Waals surface area contributed by atoms with E-state index in [4.69, 9.17) is 0 Å². The van der Waals surface area contributed by atoms with Gasteiger partial charge in [-0.05, 0) is 11.1 Å². The van der Waals surface area contributed by atoms with Gasteiger partial charge in [-0.15, -0.1) is 0 Å². The average Bonchev–Trinajstić information content (AvgIpc) is 2.29. The summed E-state index contributed by atoms with van der Waals surface area (Å²) < 4.78 is 0. The summed E-state index contributed by atoms with van der Waals surface area (Å²) in [7, 11) is -0.622. The topological polar surface area (TPSA) is 0 Å². The van der Waals surface area contributed by atoms with E-state index in [1.165, 1.54) is 36.8 Å². The highest BCUT2D eigenvalue weighted by atomic mass is 28.3. The summed E-state index contributed by atoms with van der Waals surface area (Å²) in [6, 6.07) is 0. The Labute approximate surface area is 71.4 Å². The zero-order valence-electron chi connectivity index (χ0n) is 7.90. The Morgan fingerprint density at radius 2 is 1.27 bits per heavy atom. The quantitative estimate of drug-likeness (QED) is 0.483. The summed E-state index contributed by atoms with van der Waals surface area (Å²) in [6.45, 7) is 5.21. The van der Waals surface area contributed by atoms with Gasteiger partial charge in [0.25, 0.3) is 0 Å². The second-order valence-corrected chi connectivity index (χ2v) is 10.2. The lowest BCUT2D eigenvalue weighted by Crippen LogP contribution is -2.03. The highest BCUT2D eigenvalue weighted by Gasteiger charge is 2.57. The molecule has 0 spiro atoms. The standard InChI is InChI=1S/C10H20Si/c1-11(2)9-7-5-3-4-6-8-10(9)11/h9-10H,3-8H2,1-2H3. The summed E-state index contributed by atoms with van der Waals surface area (Å²) in [5, 5.41) is 0. The van der Waals surface area contributed by atoms with Gasteiger partial charge < -0.3 is 0 Å². The molecule has 0 aromatic rings. The molecule has 1 aliphatic carbocycles. The maximum Gasteiger partial charge on any atom is 0.0535 e. The predicted molar refractivity (Wildman–Crippen MR) is 52.7 cm³/mol. The lowest BCUT2D eigenvalue weighted by atomic mass is 10.0. The summed E-state index contributed by atoms with van der Waals surface area (Å²) in [5.41, 5.74) is 2.48. The van der Waals surface area contributed by atoms with Crippen molar-refractivity contribution in [3.8, 4) is 0 Å². The first kappa shape index (κ1) is 7.84. The Hall–Kier alpha value is 0.217. The monoisotopic (exact) mass is 168 g/mol. The minimum absolute atomic E-state index is 0.622. The molecule has 0 nitrogen and oxygen atoms in total. The van der Waals surface area contributed by atoms with Crippen molar-refractivity contribution in [2.75, 3.05) is 0 Å². The zero-order valence-corrected chi connectivity index (χ0v) is 8.90. The fourth-order valence-corrected chi connectivity index (χ4v) is 8.03. The van der Waals surface area contributed by atoms with E-state index in [1.807, 2.05) is 0 Å². The van der Waals surface area contributed by atoms with Crippen LogP contribution in [0.3, 0.4) is 0 Å². The van der Waals surface area contributed by atoms with E-state index in [9.17, 15) is 0 Å². The lowest BCUT2D eigenvalue weighted by molar-refractivity contribution is 0.544. The third-order valence-electron chi connectivity index (χ3n) is 4.07. The minimum Gasteiger partial charge on any atom is -0.0689 e. The van der Waals surface area contributed by atoms with Gasteiger partial charge in [0.2, 0.25) is 0 Å². The molecule has 1 heterocycles. The first-order valence-electron chi connectivity index (χ1n) is 5.23. The molecule has 0 amide bonds. The Balaban J connectivity index is 1.95. The lowest BCUT2D eigenvalue weighted by Gasteiger charge is -2.05. The number of hydrogen-bond acceptors (Lipinski definition) is 0. The molecule has 2 fully saturated rings. The number of rotatable bonds is 0. The van der Waals surface area contributed by atoms with Crippen LogP contribution in [0.5, 0.6) is 0 Å². The average molecular weight is 168 g/mol. The van der Waals surface area contributed by atoms with Crippen LogP contribution in [0.25, 0.3) is 0 Å². The summed E-state index contributed by atoms with van der Waals surface area (Å²) in [5.74, 6) is 0. The maximum atomic E-state index is 2.60. The van der Waals surface area contributed by atoms with Crippen LogP contribution in [0, 0.1) is 0 Å². The SMILES string of the molecule is C[Si]1(C)C2CCCCCCC21. The van der Waals surface area contributed by atoms with Gasteiger partial charge in [-0.1, -0.05) is 51.6 Å². The van der Waals surface area contributed by atoms with Crippen LogP contribution in [0.15, 0.2) is 0 Å². The predicted octanol–water partition coefficient (Wildman–Crippen LogP) is 3.80. The third kappa shape index (κ3) is 1.28. The summed E-state index contributed by atoms with van der Waals surface area (Å²) >= 11 is 0. The smallest absolute Gasteiger partial charge is 0.0535 e. The van der Waals surface area contributed by atoms with E-state index in [0.717, 1.165) is 0 Å². The van der Waals surface area contributed by atoms with Gasteiger partial charge in [-0.3, -0.25) is 0 Å². The van der Waals surface area contributed by atoms with Gasteiger partial charge in [0.15, 0.2) is 0 Å². The summed E-state index contributed by atoms with van der Waals surface area (Å²) in [6.07, 6.45) is 9.30. The molecule has 1 saturated carbocycles. The molecule has 2 rings (SSSR count). The van der Waals surface area contributed by atoms with Gasteiger partial charge in [0.05, 0.1) is 8.07 Å². The zero-order chi connectivity index (χ0) is 7.90. The van der Waals surface area contributed by atoms with E-state index < -0.39 is 8.07 Å². The highest BCUT2D eigenvalue weighted by Crippen LogP contribution is 2.64. The third-order valence-corrected chi connectivity index (χ3v) is 8.89. The molecule has 2 atom stereocenters. The Kier molecular flexibility index (Phi) is 1.87. The minimum atomic E-state index is -0.622. The van der Waals surface area contributed by atoms with Crippen LogP contribution < -0.4 is 0 Å². The molecule has 64 valence electrons. The van der Waals surface area contributed by atoms with Crippen molar-refractivity contribution in [3.05, 3.63) is 0 Å². The van der Waals surface area contributed by atoms with Crippen molar-refractivity contribution in [2.24, 2.45) is 0 Å². The van der Waals surface area contributed by atoms with Gasteiger partial charge in [0.1, 0.15) is 0 Å². The van der Waals surface area contributed by atoms with Crippen LogP contribution in [-0.2, 0) is 0 Å². The van der Waals surface area contributed by atoms with Crippen LogP contribution >= 0.6 is 0 Å². The van der Waals surface area contributed by atoms with Crippen LogP contribution in [0.2, 0.25) is 24.2 Å².